The first-order valence-corrected chi connectivity index (χ1v) is 12.1. The molecule has 7 heteroatoms. The summed E-state index contributed by atoms with van der Waals surface area (Å²) in [5, 5.41) is 12.7. The summed E-state index contributed by atoms with van der Waals surface area (Å²) in [6, 6.07) is 6.34. The normalized spacial score (nSPS) is 20.8. The van der Waals surface area contributed by atoms with E-state index in [0.29, 0.717) is 11.9 Å². The molecule has 1 unspecified atom stereocenters. The van der Waals surface area contributed by atoms with E-state index in [-0.39, 0.29) is 23.9 Å². The average Bonchev–Trinajstić information content (AvgIpc) is 3.04. The fourth-order valence-corrected chi connectivity index (χ4v) is 4.49. The maximum Gasteiger partial charge on any atom is 0.236 e. The zero-order chi connectivity index (χ0) is 23.8. The Morgan fingerprint density at radius 3 is 2.61 bits per heavy atom. The zero-order valence-electron chi connectivity index (χ0n) is 20.6. The Hall–Kier alpha value is -2.67. The number of nitrogens with two attached hydrogens (primary N) is 1. The topological polar surface area (TPSA) is 83.5 Å². The highest BCUT2D eigenvalue weighted by molar-refractivity contribution is 6.00. The number of hydrogen-bond donors (Lipinski definition) is 1. The Bertz CT molecular complexity index is 1000. The minimum absolute atomic E-state index is 0.0242. The van der Waals surface area contributed by atoms with Crippen LogP contribution >= 0.6 is 0 Å². The molecule has 1 fully saturated rings. The number of Topliss-reactive ketones (excluding diaryl/α,β-unsaturated/α-hetero) is 1. The van der Waals surface area contributed by atoms with E-state index in [2.05, 4.69) is 57.9 Å². The lowest BCUT2D eigenvalue weighted by Gasteiger charge is -2.33. The van der Waals surface area contributed by atoms with Crippen LogP contribution in [0.2, 0.25) is 0 Å². The number of hydrazone groups is 2. The molecule has 0 amide bonds. The van der Waals surface area contributed by atoms with Crippen molar-refractivity contribution in [1.82, 2.24) is 10.0 Å². The number of carbonyl (C=O) groups is 1. The molecule has 178 valence electrons. The summed E-state index contributed by atoms with van der Waals surface area (Å²) in [6.07, 6.45) is 5.95. The molecular formula is C26H37N5O2. The molecule has 1 atom stereocenters. The highest BCUT2D eigenvalue weighted by Crippen LogP contribution is 2.29. The molecule has 0 aromatic heterocycles. The first-order valence-electron chi connectivity index (χ1n) is 12.1. The van der Waals surface area contributed by atoms with Gasteiger partial charge in [0.05, 0.1) is 18.9 Å². The molecule has 33 heavy (non-hydrogen) atoms. The second-order valence-electron chi connectivity index (χ2n) is 10.6. The predicted octanol–water partition coefficient (Wildman–Crippen LogP) is 4.04. The van der Waals surface area contributed by atoms with Gasteiger partial charge < -0.3 is 10.5 Å². The van der Waals surface area contributed by atoms with E-state index in [9.17, 15) is 4.79 Å². The van der Waals surface area contributed by atoms with E-state index in [1.807, 2.05) is 6.07 Å². The number of carbonyl (C=O) groups excluding carboxylic acids is 1. The molecule has 1 saturated heterocycles. The van der Waals surface area contributed by atoms with Crippen LogP contribution in [-0.2, 0) is 16.6 Å². The van der Waals surface area contributed by atoms with Crippen molar-refractivity contribution >= 4 is 17.5 Å². The van der Waals surface area contributed by atoms with Crippen LogP contribution in [0.5, 0.6) is 0 Å². The van der Waals surface area contributed by atoms with Gasteiger partial charge in [-0.1, -0.05) is 40.2 Å². The van der Waals surface area contributed by atoms with Crippen molar-refractivity contribution in [3.05, 3.63) is 46.5 Å². The highest BCUT2D eigenvalue weighted by atomic mass is 16.5. The molecule has 0 radical (unpaired) electrons. The number of ether oxygens (including phenoxy) is 1. The molecule has 4 rings (SSSR count). The van der Waals surface area contributed by atoms with Crippen molar-refractivity contribution in [3.8, 4) is 0 Å². The van der Waals surface area contributed by atoms with Crippen LogP contribution in [0.15, 0.2) is 40.1 Å². The Morgan fingerprint density at radius 2 is 1.97 bits per heavy atom. The Morgan fingerprint density at radius 1 is 1.21 bits per heavy atom. The van der Waals surface area contributed by atoms with Crippen LogP contribution in [-0.4, -0.2) is 53.4 Å². The highest BCUT2D eigenvalue weighted by Gasteiger charge is 2.38. The van der Waals surface area contributed by atoms with Crippen molar-refractivity contribution in [2.45, 2.75) is 71.9 Å². The minimum atomic E-state index is -0.249. The smallest absolute Gasteiger partial charge is 0.236 e. The van der Waals surface area contributed by atoms with Gasteiger partial charge >= 0.3 is 0 Å². The largest absolute Gasteiger partial charge is 0.381 e. The number of aryl methyl sites for hydroxylation is 1. The third-order valence-electron chi connectivity index (χ3n) is 6.53. The maximum atomic E-state index is 13.4. The summed E-state index contributed by atoms with van der Waals surface area (Å²) in [6.45, 7) is 12.5. The lowest BCUT2D eigenvalue weighted by Crippen LogP contribution is -2.46. The van der Waals surface area contributed by atoms with Gasteiger partial charge in [-0.15, -0.1) is 5.10 Å². The Labute approximate surface area is 197 Å². The SMILES string of the molecule is CCCCc1cc(C(=O)CN2N=C(N)N3N=C(CC4COC4)C=C(C)C23)cc(C(C)(C)C)c1. The third-order valence-corrected chi connectivity index (χ3v) is 6.53. The molecule has 7 nitrogen and oxygen atoms in total. The number of ketones is 1. The number of nitrogens with zero attached hydrogens (tertiary/aromatic N) is 4. The van der Waals surface area contributed by atoms with Crippen LogP contribution in [0.3, 0.4) is 0 Å². The van der Waals surface area contributed by atoms with Crippen LogP contribution in [0, 0.1) is 5.92 Å². The summed E-state index contributed by atoms with van der Waals surface area (Å²) in [5.41, 5.74) is 11.4. The second kappa shape index (κ2) is 9.29. The quantitative estimate of drug-likeness (QED) is 0.603. The summed E-state index contributed by atoms with van der Waals surface area (Å²) in [7, 11) is 0. The van der Waals surface area contributed by atoms with Crippen LogP contribution in [0.4, 0.5) is 0 Å². The van der Waals surface area contributed by atoms with Gasteiger partial charge in [-0.3, -0.25) is 9.80 Å². The van der Waals surface area contributed by atoms with E-state index in [1.165, 1.54) is 11.1 Å². The monoisotopic (exact) mass is 451 g/mol. The van der Waals surface area contributed by atoms with Crippen molar-refractivity contribution in [1.29, 1.82) is 0 Å². The molecule has 0 spiro atoms. The first kappa shape index (κ1) is 23.5. The van der Waals surface area contributed by atoms with Crippen molar-refractivity contribution in [2.75, 3.05) is 19.8 Å². The van der Waals surface area contributed by atoms with Gasteiger partial charge in [-0.25, -0.2) is 5.01 Å². The fourth-order valence-electron chi connectivity index (χ4n) is 4.49. The van der Waals surface area contributed by atoms with E-state index in [4.69, 9.17) is 15.6 Å². The number of benzene rings is 1. The first-order chi connectivity index (χ1) is 15.7. The van der Waals surface area contributed by atoms with Gasteiger partial charge in [0.15, 0.2) is 11.9 Å². The Balaban J connectivity index is 1.52. The number of fused-ring (bicyclic) bond motifs is 1. The van der Waals surface area contributed by atoms with Crippen molar-refractivity contribution in [3.63, 3.8) is 0 Å². The molecule has 3 aliphatic heterocycles. The lowest BCUT2D eigenvalue weighted by molar-refractivity contribution is -0.0280. The van der Waals surface area contributed by atoms with Gasteiger partial charge in [-0.05, 0) is 66.5 Å². The predicted molar refractivity (Wildman–Crippen MR) is 132 cm³/mol. The van der Waals surface area contributed by atoms with E-state index in [1.54, 1.807) is 10.0 Å². The molecule has 3 aliphatic rings. The molecule has 1 aromatic rings. The molecular weight excluding hydrogens is 414 g/mol. The molecule has 0 saturated carbocycles. The molecule has 0 aliphatic carbocycles. The van der Waals surface area contributed by atoms with Gasteiger partial charge in [0.2, 0.25) is 5.96 Å². The van der Waals surface area contributed by atoms with Crippen LogP contribution in [0.1, 0.15) is 75.4 Å². The summed E-state index contributed by atoms with van der Waals surface area (Å²) in [5.74, 6) is 0.890. The van der Waals surface area contributed by atoms with E-state index < -0.39 is 0 Å². The number of unbranched alkanes of at least 4 members (excludes halogenated alkanes) is 1. The molecule has 2 N–H and O–H groups in total. The van der Waals surface area contributed by atoms with Crippen LogP contribution in [0.25, 0.3) is 0 Å². The number of hydrogen-bond acceptors (Lipinski definition) is 7. The second-order valence-corrected chi connectivity index (χ2v) is 10.6. The Kier molecular flexibility index (Phi) is 6.61. The van der Waals surface area contributed by atoms with Gasteiger partial charge in [0, 0.05) is 11.5 Å². The van der Waals surface area contributed by atoms with Crippen LogP contribution < -0.4 is 5.73 Å². The zero-order valence-corrected chi connectivity index (χ0v) is 20.6. The van der Waals surface area contributed by atoms with E-state index >= 15 is 0 Å². The number of rotatable bonds is 8. The third kappa shape index (κ3) is 5.13. The van der Waals surface area contributed by atoms with Gasteiger partial charge in [0.1, 0.15) is 6.54 Å². The van der Waals surface area contributed by atoms with Crippen molar-refractivity contribution in [2.24, 2.45) is 21.9 Å². The summed E-state index contributed by atoms with van der Waals surface area (Å²) in [4.78, 5) is 13.4. The molecule has 3 heterocycles. The van der Waals surface area contributed by atoms with E-state index in [0.717, 1.165) is 55.7 Å². The van der Waals surface area contributed by atoms with Crippen molar-refractivity contribution < 1.29 is 9.53 Å². The minimum Gasteiger partial charge on any atom is -0.381 e. The number of allylic oxidation sites excluding steroid dienone is 1. The maximum absolute atomic E-state index is 13.4. The molecule has 1 aromatic carbocycles. The summed E-state index contributed by atoms with van der Waals surface area (Å²) >= 11 is 0. The average molecular weight is 452 g/mol. The lowest BCUT2D eigenvalue weighted by atomic mass is 9.84. The standard InChI is InChI=1S/C26H37N5O2/c1-6-7-8-18-10-20(13-21(11-18)26(3,4)5)23(32)14-30-24-17(2)9-22(12-19-15-33-16-19)28-31(24)25(27)29-30/h9-11,13,19,24H,6-8,12,14-16H2,1-5H3,(H2,27,29). The summed E-state index contributed by atoms with van der Waals surface area (Å²) < 4.78 is 5.29. The van der Waals surface area contributed by atoms with Gasteiger partial charge in [0.25, 0.3) is 0 Å². The van der Waals surface area contributed by atoms with Gasteiger partial charge in [-0.2, -0.15) is 5.10 Å². The fraction of sp³-hybridized carbons (Fsp3) is 0.577. The molecule has 0 bridgehead atoms. The number of guanidine groups is 1.